The maximum atomic E-state index is 13.2. The molecule has 1 aromatic carbocycles. The number of phenols is 1. The Bertz CT molecular complexity index is 420. The number of alkyl halides is 2. The maximum absolute atomic E-state index is 13.2. The molecule has 0 radical (unpaired) electrons. The molecule has 0 spiro atoms. The van der Waals surface area contributed by atoms with Gasteiger partial charge in [0.1, 0.15) is 24.1 Å². The van der Waals surface area contributed by atoms with Crippen molar-refractivity contribution in [2.75, 3.05) is 13.7 Å². The molecule has 0 amide bonds. The van der Waals surface area contributed by atoms with Crippen LogP contribution in [0.25, 0.3) is 0 Å². The van der Waals surface area contributed by atoms with Crippen molar-refractivity contribution in [3.8, 4) is 11.5 Å². The van der Waals surface area contributed by atoms with Crippen molar-refractivity contribution in [3.05, 3.63) is 22.2 Å². The number of rotatable bonds is 4. The fraction of sp³-hybridized carbons (Fsp3) is 0.400. The number of methoxy groups -OCH3 is 1. The summed E-state index contributed by atoms with van der Waals surface area (Å²) in [5.74, 6) is -3.65. The summed E-state index contributed by atoms with van der Waals surface area (Å²) in [6, 6.07) is 0.802. The number of aliphatic hydroxyl groups excluding tert-OH is 1. The predicted octanol–water partition coefficient (Wildman–Crippen LogP) is 2.21. The Morgan fingerprint density at radius 1 is 1.50 bits per heavy atom. The molecule has 0 saturated heterocycles. The van der Waals surface area contributed by atoms with Crippen LogP contribution in [0.1, 0.15) is 11.6 Å². The lowest BCUT2D eigenvalue weighted by Crippen LogP contribution is -2.36. The summed E-state index contributed by atoms with van der Waals surface area (Å²) in [4.78, 5) is 0. The van der Waals surface area contributed by atoms with Crippen LogP contribution < -0.4 is 10.5 Å². The molecule has 0 unspecified atom stereocenters. The summed E-state index contributed by atoms with van der Waals surface area (Å²) in [5.41, 5.74) is 5.13. The zero-order valence-electron chi connectivity index (χ0n) is 9.36. The predicted molar refractivity (Wildman–Crippen MR) is 68.6 cm³/mol. The van der Waals surface area contributed by atoms with Crippen molar-refractivity contribution in [2.24, 2.45) is 5.73 Å². The first-order valence-corrected chi connectivity index (χ1v) is 5.43. The average Bonchev–Trinajstić information content (AvgIpc) is 2.31. The van der Waals surface area contributed by atoms with Gasteiger partial charge < -0.3 is 20.7 Å². The van der Waals surface area contributed by atoms with E-state index in [0.717, 1.165) is 0 Å². The van der Waals surface area contributed by atoms with Gasteiger partial charge in [-0.1, -0.05) is 0 Å². The van der Waals surface area contributed by atoms with E-state index in [1.165, 1.54) is 19.2 Å². The highest BCUT2D eigenvalue weighted by atomic mass is 79.9. The Hall–Kier alpha value is -0.630. The maximum Gasteiger partial charge on any atom is 0.289 e. The summed E-state index contributed by atoms with van der Waals surface area (Å²) < 4.78 is 31.5. The lowest BCUT2D eigenvalue weighted by Gasteiger charge is -2.23. The van der Waals surface area contributed by atoms with Crippen LogP contribution in [0.2, 0.25) is 0 Å². The van der Waals surface area contributed by atoms with Crippen LogP contribution in [0.4, 0.5) is 8.78 Å². The fourth-order valence-corrected chi connectivity index (χ4v) is 1.73. The van der Waals surface area contributed by atoms with Crippen LogP contribution in [0.3, 0.4) is 0 Å². The summed E-state index contributed by atoms with van der Waals surface area (Å²) in [5, 5.41) is 18.2. The van der Waals surface area contributed by atoms with Crippen LogP contribution in [-0.4, -0.2) is 29.9 Å². The Labute approximate surface area is 117 Å². The van der Waals surface area contributed by atoms with Gasteiger partial charge in [-0.15, -0.1) is 12.4 Å². The molecule has 0 aliphatic heterocycles. The Morgan fingerprint density at radius 2 is 2.06 bits per heavy atom. The van der Waals surface area contributed by atoms with Crippen molar-refractivity contribution in [2.45, 2.75) is 12.0 Å². The molecule has 0 heterocycles. The number of nitrogens with two attached hydrogens (primary N) is 1. The van der Waals surface area contributed by atoms with Gasteiger partial charge in [-0.05, 0) is 28.1 Å². The molecule has 1 atom stereocenters. The molecule has 104 valence electrons. The SMILES string of the molecule is COc1cc(Br)c(O)c([C@@H](N)C(F)(F)CO)c1.Cl. The highest BCUT2D eigenvalue weighted by Crippen LogP contribution is 2.40. The fourth-order valence-electron chi connectivity index (χ4n) is 1.28. The molecule has 4 nitrogen and oxygen atoms in total. The van der Waals surface area contributed by atoms with Crippen LogP contribution in [0, 0.1) is 0 Å². The zero-order chi connectivity index (χ0) is 13.2. The summed E-state index contributed by atoms with van der Waals surface area (Å²) >= 11 is 3.00. The summed E-state index contributed by atoms with van der Waals surface area (Å²) in [6.45, 7) is -1.40. The first-order chi connectivity index (χ1) is 7.83. The number of phenolic OH excluding ortho intramolecular Hbond substituents is 1. The number of ether oxygens (including phenoxy) is 1. The molecule has 18 heavy (non-hydrogen) atoms. The van der Waals surface area contributed by atoms with Crippen LogP contribution >= 0.6 is 28.3 Å². The van der Waals surface area contributed by atoms with E-state index in [9.17, 15) is 13.9 Å². The minimum absolute atomic E-state index is 0. The number of aliphatic hydroxyl groups is 1. The standard InChI is InChI=1S/C10H12BrF2NO3.ClH/c1-17-5-2-6(8(16)7(11)3-5)9(14)10(12,13)4-15;/h2-3,9,15-16H,4,14H2,1H3;1H/t9-;/m1./s1. The van der Waals surface area contributed by atoms with Gasteiger partial charge in [0, 0.05) is 5.56 Å². The van der Waals surface area contributed by atoms with E-state index in [4.69, 9.17) is 15.6 Å². The molecule has 0 aliphatic carbocycles. The molecule has 1 rings (SSSR count). The third-order valence-corrected chi connectivity index (χ3v) is 2.91. The van der Waals surface area contributed by atoms with Crippen molar-refractivity contribution >= 4 is 28.3 Å². The van der Waals surface area contributed by atoms with E-state index in [-0.39, 0.29) is 28.2 Å². The van der Waals surface area contributed by atoms with E-state index in [2.05, 4.69) is 15.9 Å². The van der Waals surface area contributed by atoms with Crippen molar-refractivity contribution in [1.82, 2.24) is 0 Å². The lowest BCUT2D eigenvalue weighted by atomic mass is 10.0. The molecule has 0 fully saturated rings. The van der Waals surface area contributed by atoms with E-state index in [1.807, 2.05) is 0 Å². The highest BCUT2D eigenvalue weighted by Gasteiger charge is 2.39. The van der Waals surface area contributed by atoms with Gasteiger partial charge in [0.05, 0.1) is 11.6 Å². The summed E-state index contributed by atoms with van der Waals surface area (Å²) in [6.07, 6.45) is 0. The van der Waals surface area contributed by atoms with Crippen LogP contribution in [0.15, 0.2) is 16.6 Å². The number of halogens is 4. The van der Waals surface area contributed by atoms with Crippen LogP contribution in [0.5, 0.6) is 11.5 Å². The minimum Gasteiger partial charge on any atom is -0.506 e. The molecule has 0 aromatic heterocycles. The number of hydrogen-bond donors (Lipinski definition) is 3. The molecule has 4 N–H and O–H groups in total. The molecule has 1 aromatic rings. The normalized spacial score (nSPS) is 12.8. The molecule has 0 saturated carbocycles. The lowest BCUT2D eigenvalue weighted by molar-refractivity contribution is -0.0716. The zero-order valence-corrected chi connectivity index (χ0v) is 11.8. The first-order valence-electron chi connectivity index (χ1n) is 4.64. The quantitative estimate of drug-likeness (QED) is 0.780. The van der Waals surface area contributed by atoms with E-state index >= 15 is 0 Å². The van der Waals surface area contributed by atoms with E-state index in [0.29, 0.717) is 0 Å². The molecular formula is C10H13BrClF2NO3. The van der Waals surface area contributed by atoms with Crippen molar-refractivity contribution < 1.29 is 23.7 Å². The van der Waals surface area contributed by atoms with Gasteiger partial charge in [0.25, 0.3) is 5.92 Å². The number of benzene rings is 1. The first kappa shape index (κ1) is 17.4. The molecule has 0 aliphatic rings. The van der Waals surface area contributed by atoms with Gasteiger partial charge in [-0.3, -0.25) is 0 Å². The van der Waals surface area contributed by atoms with E-state index in [1.54, 1.807) is 0 Å². The Balaban J connectivity index is 0.00000289. The Kier molecular flexibility index (Phi) is 6.28. The van der Waals surface area contributed by atoms with Gasteiger partial charge in [0.2, 0.25) is 0 Å². The third kappa shape index (κ3) is 3.44. The number of hydrogen-bond acceptors (Lipinski definition) is 4. The van der Waals surface area contributed by atoms with Gasteiger partial charge in [0.15, 0.2) is 0 Å². The minimum atomic E-state index is -3.52. The number of aromatic hydroxyl groups is 1. The second-order valence-electron chi connectivity index (χ2n) is 3.44. The van der Waals surface area contributed by atoms with Crippen LogP contribution in [-0.2, 0) is 0 Å². The topological polar surface area (TPSA) is 75.7 Å². The van der Waals surface area contributed by atoms with E-state index < -0.39 is 24.3 Å². The van der Waals surface area contributed by atoms with Gasteiger partial charge in [-0.25, -0.2) is 8.78 Å². The Morgan fingerprint density at radius 3 is 2.50 bits per heavy atom. The third-order valence-electron chi connectivity index (χ3n) is 2.30. The van der Waals surface area contributed by atoms with Gasteiger partial charge >= 0.3 is 0 Å². The summed E-state index contributed by atoms with van der Waals surface area (Å²) in [7, 11) is 1.36. The second kappa shape index (κ2) is 6.51. The molecule has 8 heteroatoms. The smallest absolute Gasteiger partial charge is 0.289 e. The highest BCUT2D eigenvalue weighted by molar-refractivity contribution is 9.10. The van der Waals surface area contributed by atoms with Crippen molar-refractivity contribution in [1.29, 1.82) is 0 Å². The van der Waals surface area contributed by atoms with Crippen molar-refractivity contribution in [3.63, 3.8) is 0 Å². The molecular weight excluding hydrogens is 335 g/mol. The average molecular weight is 349 g/mol. The largest absolute Gasteiger partial charge is 0.506 e. The van der Waals surface area contributed by atoms with Gasteiger partial charge in [-0.2, -0.15) is 0 Å². The second-order valence-corrected chi connectivity index (χ2v) is 4.30. The molecule has 0 bridgehead atoms. The monoisotopic (exact) mass is 347 g/mol.